The van der Waals surface area contributed by atoms with E-state index >= 15 is 0 Å². The van der Waals surface area contributed by atoms with Crippen molar-refractivity contribution < 1.29 is 33.7 Å². The number of esters is 2. The minimum atomic E-state index is -1.07. The number of ketones is 1. The fraction of sp³-hybridized carbons (Fsp3) is 0.767. The number of cyclic esters (lactones) is 1. The van der Waals surface area contributed by atoms with Gasteiger partial charge in [-0.1, -0.05) is 19.4 Å². The number of ether oxygens (including phenoxy) is 3. The summed E-state index contributed by atoms with van der Waals surface area (Å²) in [4.78, 5) is 38.0. The lowest BCUT2D eigenvalue weighted by Gasteiger charge is -2.58. The molecular weight excluding hydrogens is 472 g/mol. The fourth-order valence-electron chi connectivity index (χ4n) is 9.91. The standard InChI is InChI=1S/C30H40O7/c1-15-12-23(36-27(34)16(15)2)17(3)20-6-7-21-19-13-26-30(37-26)25(35-18(4)32)9-8-24(33)29(30,14-31)22(19)10-11-28(20,21)5/h8-9,17,19-23,25-26,31H,6-7,10-14H2,1-5H3/t17-,19-,20+,21-,22-,23+,25-,26+,28+,29-,30+/m0/s1. The monoisotopic (exact) mass is 512 g/mol. The van der Waals surface area contributed by atoms with Crippen LogP contribution in [0.3, 0.4) is 0 Å². The summed E-state index contributed by atoms with van der Waals surface area (Å²) in [6.07, 6.45) is 7.78. The molecule has 0 aromatic rings. The summed E-state index contributed by atoms with van der Waals surface area (Å²) in [7, 11) is 0. The highest BCUT2D eigenvalue weighted by molar-refractivity contribution is 5.99. The lowest BCUT2D eigenvalue weighted by Crippen LogP contribution is -2.67. The maximum Gasteiger partial charge on any atom is 0.333 e. The summed E-state index contributed by atoms with van der Waals surface area (Å²) < 4.78 is 17.9. The van der Waals surface area contributed by atoms with Crippen LogP contribution in [-0.4, -0.2) is 53.3 Å². The Morgan fingerprint density at radius 1 is 1.22 bits per heavy atom. The van der Waals surface area contributed by atoms with Crippen LogP contribution in [0.4, 0.5) is 0 Å². The highest BCUT2D eigenvalue weighted by Gasteiger charge is 2.82. The second-order valence-corrected chi connectivity index (χ2v) is 13.0. The molecule has 1 saturated heterocycles. The molecule has 0 aromatic heterocycles. The van der Waals surface area contributed by atoms with Crippen LogP contribution in [0.15, 0.2) is 23.3 Å². The van der Waals surface area contributed by atoms with Gasteiger partial charge in [-0.05, 0) is 93.1 Å². The molecule has 1 spiro atoms. The van der Waals surface area contributed by atoms with Crippen molar-refractivity contribution in [3.8, 4) is 0 Å². The number of allylic oxidation sites excluding steroid dienone is 1. The van der Waals surface area contributed by atoms with E-state index in [1.807, 2.05) is 13.8 Å². The summed E-state index contributed by atoms with van der Waals surface area (Å²) in [5.41, 5.74) is -0.0776. The summed E-state index contributed by atoms with van der Waals surface area (Å²) in [6, 6.07) is 0. The van der Waals surface area contributed by atoms with Crippen LogP contribution in [0.1, 0.15) is 73.1 Å². The Morgan fingerprint density at radius 2 is 1.97 bits per heavy atom. The van der Waals surface area contributed by atoms with Gasteiger partial charge in [0.25, 0.3) is 0 Å². The first-order chi connectivity index (χ1) is 17.5. The molecule has 0 amide bonds. The summed E-state index contributed by atoms with van der Waals surface area (Å²) in [6.45, 7) is 9.63. The van der Waals surface area contributed by atoms with E-state index in [1.54, 1.807) is 6.08 Å². The van der Waals surface area contributed by atoms with Gasteiger partial charge in [-0.15, -0.1) is 0 Å². The number of hydrogen-bond acceptors (Lipinski definition) is 7. The van der Waals surface area contributed by atoms with Gasteiger partial charge in [-0.3, -0.25) is 9.59 Å². The van der Waals surface area contributed by atoms with Gasteiger partial charge >= 0.3 is 11.9 Å². The Labute approximate surface area is 219 Å². The van der Waals surface area contributed by atoms with E-state index in [0.717, 1.165) is 49.7 Å². The van der Waals surface area contributed by atoms with Crippen molar-refractivity contribution in [3.63, 3.8) is 0 Å². The van der Waals surface area contributed by atoms with Gasteiger partial charge in [-0.25, -0.2) is 4.79 Å². The van der Waals surface area contributed by atoms with Gasteiger partial charge in [0, 0.05) is 18.9 Å². The summed E-state index contributed by atoms with van der Waals surface area (Å²) >= 11 is 0. The first-order valence-corrected chi connectivity index (χ1v) is 14.1. The van der Waals surface area contributed by atoms with Crippen molar-refractivity contribution >= 4 is 17.7 Å². The Kier molecular flexibility index (Phi) is 5.64. The predicted octanol–water partition coefficient (Wildman–Crippen LogP) is 3.92. The van der Waals surface area contributed by atoms with E-state index in [1.165, 1.54) is 13.0 Å². The smallest absolute Gasteiger partial charge is 0.333 e. The molecule has 0 aromatic carbocycles. The molecule has 1 N–H and O–H groups in total. The summed E-state index contributed by atoms with van der Waals surface area (Å²) in [5, 5.41) is 10.9. The number of aliphatic hydroxyl groups excluding tert-OH is 1. The van der Waals surface area contributed by atoms with E-state index < -0.39 is 23.1 Å². The molecule has 202 valence electrons. The molecule has 2 heterocycles. The normalized spacial score (nSPS) is 48.9. The average Bonchev–Trinajstić information content (AvgIpc) is 3.47. The molecule has 3 saturated carbocycles. The average molecular weight is 513 g/mol. The van der Waals surface area contributed by atoms with Crippen LogP contribution in [0.25, 0.3) is 0 Å². The van der Waals surface area contributed by atoms with Crippen molar-refractivity contribution in [1.82, 2.24) is 0 Å². The van der Waals surface area contributed by atoms with Gasteiger partial charge in [0.05, 0.1) is 18.1 Å². The third-order valence-electron chi connectivity index (χ3n) is 11.8. The number of aliphatic hydroxyl groups is 1. The highest BCUT2D eigenvalue weighted by Crippen LogP contribution is 2.73. The van der Waals surface area contributed by atoms with Crippen LogP contribution in [0.2, 0.25) is 0 Å². The van der Waals surface area contributed by atoms with Crippen molar-refractivity contribution in [2.24, 2.45) is 40.4 Å². The molecule has 6 rings (SSSR count). The Morgan fingerprint density at radius 3 is 2.65 bits per heavy atom. The van der Waals surface area contributed by atoms with Crippen molar-refractivity contribution in [2.75, 3.05) is 6.61 Å². The molecule has 6 aliphatic rings. The summed E-state index contributed by atoms with van der Waals surface area (Å²) in [5.74, 6) is 0.646. The molecule has 37 heavy (non-hydrogen) atoms. The van der Waals surface area contributed by atoms with Crippen molar-refractivity contribution in [3.05, 3.63) is 23.3 Å². The first kappa shape index (κ1) is 25.3. The van der Waals surface area contributed by atoms with Crippen LogP contribution < -0.4 is 0 Å². The van der Waals surface area contributed by atoms with E-state index in [9.17, 15) is 19.5 Å². The number of fused-ring (bicyclic) bond motifs is 4. The Bertz CT molecular complexity index is 1110. The third kappa shape index (κ3) is 3.16. The second-order valence-electron chi connectivity index (χ2n) is 13.0. The van der Waals surface area contributed by atoms with Crippen molar-refractivity contribution in [2.45, 2.75) is 97.1 Å². The topological polar surface area (TPSA) is 102 Å². The van der Waals surface area contributed by atoms with Crippen LogP contribution in [0, 0.1) is 40.4 Å². The zero-order valence-corrected chi connectivity index (χ0v) is 22.6. The number of epoxide rings is 1. The number of carbonyl (C=O) groups is 3. The molecule has 0 radical (unpaired) electrons. The maximum absolute atomic E-state index is 13.6. The minimum absolute atomic E-state index is 0.0146. The SMILES string of the molecule is CC(=O)O[C@H]1C=CC(=O)[C@]2(CO)[C@H]3CC[C@]4(C)[C@@H]([C@H](C)[C@H]5CC(C)=C(C)C(=O)O5)CC[C@H]4[C@@H]3C[C@H]3O[C@]132. The van der Waals surface area contributed by atoms with E-state index in [-0.39, 0.29) is 53.7 Å². The number of hydrogen-bond donors (Lipinski definition) is 1. The van der Waals surface area contributed by atoms with Gasteiger partial charge in [0.1, 0.15) is 6.10 Å². The van der Waals surface area contributed by atoms with Gasteiger partial charge in [-0.2, -0.15) is 0 Å². The van der Waals surface area contributed by atoms with E-state index in [2.05, 4.69) is 13.8 Å². The van der Waals surface area contributed by atoms with Crippen LogP contribution >= 0.6 is 0 Å². The molecule has 0 bridgehead atoms. The molecular formula is C30H40O7. The predicted molar refractivity (Wildman–Crippen MR) is 134 cm³/mol. The fourth-order valence-corrected chi connectivity index (χ4v) is 9.91. The van der Waals surface area contributed by atoms with Gasteiger partial charge in [0.15, 0.2) is 17.5 Å². The van der Waals surface area contributed by atoms with E-state index in [0.29, 0.717) is 11.8 Å². The highest BCUT2D eigenvalue weighted by atomic mass is 16.7. The van der Waals surface area contributed by atoms with E-state index in [4.69, 9.17) is 14.2 Å². The zero-order chi connectivity index (χ0) is 26.5. The minimum Gasteiger partial charge on any atom is -0.458 e. The molecule has 11 atom stereocenters. The van der Waals surface area contributed by atoms with Crippen LogP contribution in [-0.2, 0) is 28.6 Å². The van der Waals surface area contributed by atoms with Gasteiger partial charge < -0.3 is 19.3 Å². The zero-order valence-electron chi connectivity index (χ0n) is 22.6. The molecule has 7 nitrogen and oxygen atoms in total. The molecule has 2 aliphatic heterocycles. The number of carbonyl (C=O) groups excluding carboxylic acids is 3. The molecule has 4 aliphatic carbocycles. The lowest BCUT2D eigenvalue weighted by molar-refractivity contribution is -0.174. The number of rotatable bonds is 4. The lowest BCUT2D eigenvalue weighted by atomic mass is 9.44. The first-order valence-electron chi connectivity index (χ1n) is 14.1. The van der Waals surface area contributed by atoms with Gasteiger partial charge in [0.2, 0.25) is 0 Å². The van der Waals surface area contributed by atoms with Crippen LogP contribution in [0.5, 0.6) is 0 Å². The largest absolute Gasteiger partial charge is 0.458 e. The molecule has 4 fully saturated rings. The Balaban J connectivity index is 1.30. The Hall–Kier alpha value is -1.99. The third-order valence-corrected chi connectivity index (χ3v) is 11.8. The quantitative estimate of drug-likeness (QED) is 0.450. The molecule has 0 unspecified atom stereocenters. The van der Waals surface area contributed by atoms with Crippen molar-refractivity contribution in [1.29, 1.82) is 0 Å². The second kappa shape index (κ2) is 8.25. The molecule has 7 heteroatoms. The maximum atomic E-state index is 13.6.